The van der Waals surface area contributed by atoms with Crippen molar-refractivity contribution < 1.29 is 0 Å². The summed E-state index contributed by atoms with van der Waals surface area (Å²) in [5.41, 5.74) is 2.79. The van der Waals surface area contributed by atoms with E-state index in [1.54, 1.807) is 0 Å². The third-order valence-electron chi connectivity index (χ3n) is 4.06. The van der Waals surface area contributed by atoms with Crippen molar-refractivity contribution in [3.63, 3.8) is 0 Å². The second-order valence-electron chi connectivity index (χ2n) is 6.10. The zero-order valence-electron chi connectivity index (χ0n) is 14.1. The van der Waals surface area contributed by atoms with Gasteiger partial charge in [0.05, 0.1) is 0 Å². The molecule has 1 rings (SSSR count). The van der Waals surface area contributed by atoms with Crippen LogP contribution in [0.2, 0.25) is 0 Å². The van der Waals surface area contributed by atoms with Crippen molar-refractivity contribution in [3.8, 4) is 0 Å². The summed E-state index contributed by atoms with van der Waals surface area (Å²) in [6.07, 6.45) is 0. The topological polar surface area (TPSA) is 15.3 Å². The summed E-state index contributed by atoms with van der Waals surface area (Å²) < 4.78 is 0. The fraction of sp³-hybridized carbons (Fsp3) is 0.667. The van der Waals surface area contributed by atoms with E-state index in [0.29, 0.717) is 18.0 Å². The first-order valence-corrected chi connectivity index (χ1v) is 8.06. The summed E-state index contributed by atoms with van der Waals surface area (Å²) in [7, 11) is 0. The van der Waals surface area contributed by atoms with Crippen LogP contribution in [0.5, 0.6) is 0 Å². The minimum Gasteiger partial charge on any atom is -0.306 e. The maximum absolute atomic E-state index is 3.70. The highest BCUT2D eigenvalue weighted by atomic mass is 15.1. The van der Waals surface area contributed by atoms with Crippen molar-refractivity contribution in [3.05, 3.63) is 35.4 Å². The molecular formula is C18H32N2. The normalized spacial score (nSPS) is 14.8. The Morgan fingerprint density at radius 3 is 1.85 bits per heavy atom. The molecule has 0 spiro atoms. The largest absolute Gasteiger partial charge is 0.306 e. The van der Waals surface area contributed by atoms with E-state index in [4.69, 9.17) is 0 Å². The summed E-state index contributed by atoms with van der Waals surface area (Å²) in [6.45, 7) is 16.8. The average molecular weight is 276 g/mol. The molecule has 2 unspecified atom stereocenters. The second-order valence-corrected chi connectivity index (χ2v) is 6.10. The zero-order chi connectivity index (χ0) is 15.1. The van der Waals surface area contributed by atoms with Crippen LogP contribution in [-0.2, 0) is 0 Å². The Morgan fingerprint density at radius 2 is 1.40 bits per heavy atom. The maximum atomic E-state index is 3.70. The van der Waals surface area contributed by atoms with Gasteiger partial charge >= 0.3 is 0 Å². The van der Waals surface area contributed by atoms with Crippen LogP contribution in [0, 0.1) is 0 Å². The van der Waals surface area contributed by atoms with Gasteiger partial charge in [0.2, 0.25) is 0 Å². The van der Waals surface area contributed by atoms with E-state index in [9.17, 15) is 0 Å². The molecule has 1 aromatic carbocycles. The predicted octanol–water partition coefficient (Wildman–Crippen LogP) is 4.19. The molecule has 2 nitrogen and oxygen atoms in total. The highest BCUT2D eigenvalue weighted by molar-refractivity contribution is 5.26. The Bertz CT molecular complexity index is 366. The van der Waals surface area contributed by atoms with E-state index >= 15 is 0 Å². The lowest BCUT2D eigenvalue weighted by Gasteiger charge is -2.26. The van der Waals surface area contributed by atoms with Crippen LogP contribution in [0.4, 0.5) is 0 Å². The van der Waals surface area contributed by atoms with Crippen molar-refractivity contribution in [2.45, 2.75) is 59.5 Å². The van der Waals surface area contributed by atoms with Gasteiger partial charge in [-0.25, -0.2) is 0 Å². The number of nitrogens with zero attached hydrogens (tertiary/aromatic N) is 1. The SMILES string of the molecule is CCN(CC)CC(C)NC(C)c1ccc(C(C)C)cc1. The van der Waals surface area contributed by atoms with Gasteiger partial charge in [-0.1, -0.05) is 52.0 Å². The molecule has 0 radical (unpaired) electrons. The first-order chi connectivity index (χ1) is 9.47. The number of benzene rings is 1. The molecule has 20 heavy (non-hydrogen) atoms. The Hall–Kier alpha value is -0.860. The molecule has 2 heteroatoms. The highest BCUT2D eigenvalue weighted by Crippen LogP contribution is 2.18. The van der Waals surface area contributed by atoms with Crippen molar-refractivity contribution >= 4 is 0 Å². The molecule has 114 valence electrons. The lowest BCUT2D eigenvalue weighted by Crippen LogP contribution is -2.40. The fourth-order valence-electron chi connectivity index (χ4n) is 2.61. The molecule has 0 aliphatic heterocycles. The van der Waals surface area contributed by atoms with Crippen LogP contribution in [0.1, 0.15) is 64.6 Å². The zero-order valence-corrected chi connectivity index (χ0v) is 14.1. The van der Waals surface area contributed by atoms with E-state index in [1.807, 2.05) is 0 Å². The number of nitrogens with one attached hydrogen (secondary N) is 1. The Labute approximate surface area is 125 Å². The lowest BCUT2D eigenvalue weighted by molar-refractivity contribution is 0.264. The molecule has 1 aromatic rings. The van der Waals surface area contributed by atoms with Crippen LogP contribution < -0.4 is 5.32 Å². The Kier molecular flexibility index (Phi) is 7.25. The van der Waals surface area contributed by atoms with E-state index < -0.39 is 0 Å². The number of likely N-dealkylation sites (N-methyl/N-ethyl adjacent to an activating group) is 1. The van der Waals surface area contributed by atoms with Gasteiger partial charge in [-0.3, -0.25) is 0 Å². The van der Waals surface area contributed by atoms with Gasteiger partial charge in [0.15, 0.2) is 0 Å². The summed E-state index contributed by atoms with van der Waals surface area (Å²) >= 11 is 0. The molecule has 0 saturated carbocycles. The minimum atomic E-state index is 0.404. The van der Waals surface area contributed by atoms with Crippen LogP contribution in [0.25, 0.3) is 0 Å². The smallest absolute Gasteiger partial charge is 0.0294 e. The fourth-order valence-corrected chi connectivity index (χ4v) is 2.61. The summed E-state index contributed by atoms with van der Waals surface area (Å²) in [5, 5.41) is 3.70. The maximum Gasteiger partial charge on any atom is 0.0294 e. The molecule has 2 atom stereocenters. The van der Waals surface area contributed by atoms with Gasteiger partial charge in [0, 0.05) is 18.6 Å². The van der Waals surface area contributed by atoms with Gasteiger partial charge in [-0.15, -0.1) is 0 Å². The summed E-state index contributed by atoms with van der Waals surface area (Å²) in [6, 6.07) is 9.95. The second kappa shape index (κ2) is 8.43. The average Bonchev–Trinajstić information content (AvgIpc) is 2.44. The van der Waals surface area contributed by atoms with Crippen molar-refractivity contribution in [1.29, 1.82) is 0 Å². The quantitative estimate of drug-likeness (QED) is 0.766. The summed E-state index contributed by atoms with van der Waals surface area (Å²) in [4.78, 5) is 2.46. The van der Waals surface area contributed by atoms with Gasteiger partial charge in [0.1, 0.15) is 0 Å². The standard InChI is InChI=1S/C18H32N2/c1-7-20(8-2)13-15(5)19-16(6)18-11-9-17(10-12-18)14(3)4/h9-12,14-16,19H,7-8,13H2,1-6H3. The molecule has 0 heterocycles. The Balaban J connectivity index is 2.55. The van der Waals surface area contributed by atoms with Crippen molar-refractivity contribution in [2.24, 2.45) is 0 Å². The molecule has 0 aromatic heterocycles. The van der Waals surface area contributed by atoms with E-state index in [0.717, 1.165) is 19.6 Å². The molecule has 1 N–H and O–H groups in total. The van der Waals surface area contributed by atoms with Gasteiger partial charge < -0.3 is 10.2 Å². The van der Waals surface area contributed by atoms with Crippen LogP contribution >= 0.6 is 0 Å². The minimum absolute atomic E-state index is 0.404. The number of rotatable bonds is 8. The highest BCUT2D eigenvalue weighted by Gasteiger charge is 2.12. The third-order valence-corrected chi connectivity index (χ3v) is 4.06. The van der Waals surface area contributed by atoms with Crippen LogP contribution in [0.15, 0.2) is 24.3 Å². The van der Waals surface area contributed by atoms with Gasteiger partial charge in [-0.05, 0) is 44.0 Å². The predicted molar refractivity (Wildman–Crippen MR) is 89.3 cm³/mol. The number of hydrogen-bond acceptors (Lipinski definition) is 2. The first-order valence-electron chi connectivity index (χ1n) is 8.06. The molecule has 0 aliphatic carbocycles. The van der Waals surface area contributed by atoms with Crippen LogP contribution in [-0.4, -0.2) is 30.6 Å². The monoisotopic (exact) mass is 276 g/mol. The van der Waals surface area contributed by atoms with Crippen molar-refractivity contribution in [2.75, 3.05) is 19.6 Å². The first kappa shape index (κ1) is 17.2. The molecule has 0 fully saturated rings. The number of hydrogen-bond donors (Lipinski definition) is 1. The van der Waals surface area contributed by atoms with Gasteiger partial charge in [0.25, 0.3) is 0 Å². The van der Waals surface area contributed by atoms with Crippen LogP contribution in [0.3, 0.4) is 0 Å². The lowest BCUT2D eigenvalue weighted by atomic mass is 9.99. The third kappa shape index (κ3) is 5.26. The van der Waals surface area contributed by atoms with Gasteiger partial charge in [-0.2, -0.15) is 0 Å². The molecule has 0 saturated heterocycles. The van der Waals surface area contributed by atoms with Crippen molar-refractivity contribution in [1.82, 2.24) is 10.2 Å². The molecule has 0 amide bonds. The van der Waals surface area contributed by atoms with E-state index in [-0.39, 0.29) is 0 Å². The molecular weight excluding hydrogens is 244 g/mol. The van der Waals surface area contributed by atoms with E-state index in [1.165, 1.54) is 11.1 Å². The van der Waals surface area contributed by atoms with E-state index in [2.05, 4.69) is 76.0 Å². The summed E-state index contributed by atoms with van der Waals surface area (Å²) in [5.74, 6) is 0.605. The molecule has 0 bridgehead atoms. The molecule has 0 aliphatic rings. The Morgan fingerprint density at radius 1 is 0.900 bits per heavy atom.